The molecule has 1 saturated heterocycles. The topological polar surface area (TPSA) is 98.1 Å². The standard InChI is InChI=1S/C24H24N2O6/c1-15(27)17-7-9-18(10-8-17)31-16(2)23(28)25-21-19-5-3-4-6-20(19)32-22(21)24(29)26-11-13-30-14-12-26/h3-10,16H,11-14H2,1-2H3,(H,25,28)/t16-/m1/s1. The lowest BCUT2D eigenvalue weighted by molar-refractivity contribution is -0.122. The van der Waals surface area contributed by atoms with Crippen LogP contribution in [0.15, 0.2) is 52.9 Å². The van der Waals surface area contributed by atoms with Gasteiger partial charge in [-0.15, -0.1) is 0 Å². The van der Waals surface area contributed by atoms with Gasteiger partial charge < -0.3 is 24.1 Å². The quantitative estimate of drug-likeness (QED) is 0.594. The number of ketones is 1. The smallest absolute Gasteiger partial charge is 0.291 e. The van der Waals surface area contributed by atoms with E-state index in [1.165, 1.54) is 6.92 Å². The van der Waals surface area contributed by atoms with Crippen molar-refractivity contribution in [2.75, 3.05) is 31.6 Å². The van der Waals surface area contributed by atoms with E-state index in [1.807, 2.05) is 6.07 Å². The number of carbonyl (C=O) groups excluding carboxylic acids is 3. The van der Waals surface area contributed by atoms with E-state index < -0.39 is 12.0 Å². The number of rotatable bonds is 6. The number of carbonyl (C=O) groups is 3. The number of hydrogen-bond acceptors (Lipinski definition) is 6. The van der Waals surface area contributed by atoms with Crippen LogP contribution in [0, 0.1) is 0 Å². The zero-order valence-corrected chi connectivity index (χ0v) is 17.9. The van der Waals surface area contributed by atoms with Crippen molar-refractivity contribution in [2.45, 2.75) is 20.0 Å². The highest BCUT2D eigenvalue weighted by Gasteiger charge is 2.28. The van der Waals surface area contributed by atoms with E-state index in [2.05, 4.69) is 5.32 Å². The van der Waals surface area contributed by atoms with Crippen LogP contribution in [0.3, 0.4) is 0 Å². The third-order valence-electron chi connectivity index (χ3n) is 5.28. The molecule has 2 amide bonds. The first-order valence-corrected chi connectivity index (χ1v) is 10.4. The second kappa shape index (κ2) is 9.23. The van der Waals surface area contributed by atoms with Gasteiger partial charge in [0.05, 0.1) is 13.2 Å². The Morgan fingerprint density at radius 2 is 1.72 bits per heavy atom. The molecule has 0 aliphatic carbocycles. The molecule has 32 heavy (non-hydrogen) atoms. The molecule has 0 radical (unpaired) electrons. The van der Waals surface area contributed by atoms with E-state index in [0.717, 1.165) is 0 Å². The number of nitrogens with one attached hydrogen (secondary N) is 1. The zero-order chi connectivity index (χ0) is 22.7. The van der Waals surface area contributed by atoms with Crippen molar-refractivity contribution in [3.63, 3.8) is 0 Å². The Labute approximate surface area is 185 Å². The summed E-state index contributed by atoms with van der Waals surface area (Å²) in [6.07, 6.45) is -0.849. The molecule has 2 heterocycles. The van der Waals surface area contributed by atoms with Gasteiger partial charge in [0.2, 0.25) is 5.76 Å². The molecule has 1 N–H and O–H groups in total. The summed E-state index contributed by atoms with van der Waals surface area (Å²) >= 11 is 0. The molecule has 0 unspecified atom stereocenters. The van der Waals surface area contributed by atoms with Gasteiger partial charge in [0.25, 0.3) is 11.8 Å². The molecule has 4 rings (SSSR count). The van der Waals surface area contributed by atoms with Crippen molar-refractivity contribution in [1.29, 1.82) is 0 Å². The molecule has 1 fully saturated rings. The average molecular weight is 436 g/mol. The van der Waals surface area contributed by atoms with Crippen LogP contribution in [0.1, 0.15) is 34.8 Å². The Morgan fingerprint density at radius 1 is 1.03 bits per heavy atom. The molecule has 166 valence electrons. The Balaban J connectivity index is 1.55. The van der Waals surface area contributed by atoms with Gasteiger partial charge in [0, 0.05) is 24.0 Å². The van der Waals surface area contributed by atoms with Gasteiger partial charge in [0.1, 0.15) is 17.0 Å². The molecular formula is C24H24N2O6. The Kier molecular flexibility index (Phi) is 6.23. The second-order valence-corrected chi connectivity index (χ2v) is 7.54. The van der Waals surface area contributed by atoms with Crippen molar-refractivity contribution >= 4 is 34.3 Å². The van der Waals surface area contributed by atoms with E-state index in [9.17, 15) is 14.4 Å². The lowest BCUT2D eigenvalue weighted by Crippen LogP contribution is -2.41. The number of ether oxygens (including phenoxy) is 2. The molecule has 1 atom stereocenters. The van der Waals surface area contributed by atoms with Gasteiger partial charge in [-0.2, -0.15) is 0 Å². The van der Waals surface area contributed by atoms with E-state index >= 15 is 0 Å². The maximum atomic E-state index is 13.1. The molecule has 8 nitrogen and oxygen atoms in total. The fraction of sp³-hybridized carbons (Fsp3) is 0.292. The zero-order valence-electron chi connectivity index (χ0n) is 17.9. The first-order chi connectivity index (χ1) is 15.4. The molecule has 1 aromatic heterocycles. The highest BCUT2D eigenvalue weighted by molar-refractivity contribution is 6.11. The van der Waals surface area contributed by atoms with Gasteiger partial charge in [0.15, 0.2) is 11.9 Å². The minimum Gasteiger partial charge on any atom is -0.481 e. The predicted molar refractivity (Wildman–Crippen MR) is 118 cm³/mol. The number of Topliss-reactive ketones (excluding diaryl/α,β-unsaturated/α-hetero) is 1. The summed E-state index contributed by atoms with van der Waals surface area (Å²) in [7, 11) is 0. The molecule has 1 aliphatic heterocycles. The SMILES string of the molecule is CC(=O)c1ccc(O[C@H](C)C(=O)Nc2c(C(=O)N3CCOCC3)oc3ccccc23)cc1. The molecule has 0 spiro atoms. The normalized spacial score (nSPS) is 14.8. The summed E-state index contributed by atoms with van der Waals surface area (Å²) in [4.78, 5) is 39.1. The molecule has 1 aliphatic rings. The monoisotopic (exact) mass is 436 g/mol. The minimum absolute atomic E-state index is 0.0494. The van der Waals surface area contributed by atoms with Gasteiger partial charge in [-0.05, 0) is 50.2 Å². The van der Waals surface area contributed by atoms with Crippen LogP contribution in [0.25, 0.3) is 11.0 Å². The lowest BCUT2D eigenvalue weighted by atomic mass is 10.1. The number of anilines is 1. The first kappa shape index (κ1) is 21.6. The highest BCUT2D eigenvalue weighted by atomic mass is 16.5. The summed E-state index contributed by atoms with van der Waals surface area (Å²) in [6, 6.07) is 13.7. The summed E-state index contributed by atoms with van der Waals surface area (Å²) in [5, 5.41) is 3.45. The summed E-state index contributed by atoms with van der Waals surface area (Å²) < 4.78 is 16.9. The van der Waals surface area contributed by atoms with Crippen LogP contribution in [0.5, 0.6) is 5.75 Å². The molecule has 0 bridgehead atoms. The molecule has 2 aromatic carbocycles. The van der Waals surface area contributed by atoms with Crippen molar-refractivity contribution < 1.29 is 28.3 Å². The van der Waals surface area contributed by atoms with Gasteiger partial charge >= 0.3 is 0 Å². The number of furan rings is 1. The molecule has 8 heteroatoms. The molecule has 0 saturated carbocycles. The number of fused-ring (bicyclic) bond motifs is 1. The van der Waals surface area contributed by atoms with E-state index in [1.54, 1.807) is 54.3 Å². The number of benzene rings is 2. The second-order valence-electron chi connectivity index (χ2n) is 7.54. The Morgan fingerprint density at radius 3 is 2.41 bits per heavy atom. The number of hydrogen-bond donors (Lipinski definition) is 1. The summed E-state index contributed by atoms with van der Waals surface area (Å²) in [6.45, 7) is 4.93. The third kappa shape index (κ3) is 4.50. The summed E-state index contributed by atoms with van der Waals surface area (Å²) in [5.41, 5.74) is 1.39. The number of morpholine rings is 1. The van der Waals surface area contributed by atoms with Gasteiger partial charge in [-0.25, -0.2) is 0 Å². The molecule has 3 aromatic rings. The Bertz CT molecular complexity index is 1150. The fourth-order valence-electron chi connectivity index (χ4n) is 3.48. The van der Waals surface area contributed by atoms with Crippen molar-refractivity contribution in [3.8, 4) is 5.75 Å². The highest BCUT2D eigenvalue weighted by Crippen LogP contribution is 2.32. The van der Waals surface area contributed by atoms with Gasteiger partial charge in [-0.3, -0.25) is 14.4 Å². The third-order valence-corrected chi connectivity index (χ3v) is 5.28. The fourth-order valence-corrected chi connectivity index (χ4v) is 3.48. The predicted octanol–water partition coefficient (Wildman–Crippen LogP) is 3.51. The lowest BCUT2D eigenvalue weighted by Gasteiger charge is -2.26. The van der Waals surface area contributed by atoms with Crippen molar-refractivity contribution in [3.05, 3.63) is 59.9 Å². The number of amides is 2. The first-order valence-electron chi connectivity index (χ1n) is 10.4. The van der Waals surface area contributed by atoms with Gasteiger partial charge in [-0.1, -0.05) is 12.1 Å². The number of nitrogens with zero attached hydrogens (tertiary/aromatic N) is 1. The maximum absolute atomic E-state index is 13.1. The van der Waals surface area contributed by atoms with Crippen LogP contribution in [0.4, 0.5) is 5.69 Å². The van der Waals surface area contributed by atoms with Crippen LogP contribution in [0.2, 0.25) is 0 Å². The van der Waals surface area contributed by atoms with Crippen LogP contribution in [-0.2, 0) is 9.53 Å². The number of para-hydroxylation sites is 1. The van der Waals surface area contributed by atoms with E-state index in [4.69, 9.17) is 13.9 Å². The van der Waals surface area contributed by atoms with Crippen LogP contribution < -0.4 is 10.1 Å². The van der Waals surface area contributed by atoms with E-state index in [0.29, 0.717) is 54.3 Å². The Hall–Kier alpha value is -3.65. The molecular weight excluding hydrogens is 412 g/mol. The van der Waals surface area contributed by atoms with Crippen LogP contribution >= 0.6 is 0 Å². The minimum atomic E-state index is -0.849. The maximum Gasteiger partial charge on any atom is 0.291 e. The van der Waals surface area contributed by atoms with Crippen molar-refractivity contribution in [2.24, 2.45) is 0 Å². The van der Waals surface area contributed by atoms with E-state index in [-0.39, 0.29) is 17.5 Å². The largest absolute Gasteiger partial charge is 0.481 e. The average Bonchev–Trinajstić information content (AvgIpc) is 3.17. The van der Waals surface area contributed by atoms with Crippen molar-refractivity contribution in [1.82, 2.24) is 4.90 Å². The van der Waals surface area contributed by atoms with Crippen LogP contribution in [-0.4, -0.2) is 54.9 Å². The summed E-state index contributed by atoms with van der Waals surface area (Å²) in [5.74, 6) is -0.234.